The molecule has 0 atom stereocenters. The molecule has 2 aromatic heterocycles. The van der Waals surface area contributed by atoms with Gasteiger partial charge in [0.15, 0.2) is 0 Å². The maximum Gasteiger partial charge on any atom is 0.0721 e. The number of hydrogen-bond donors (Lipinski definition) is 0. The van der Waals surface area contributed by atoms with Gasteiger partial charge in [-0.25, -0.2) is 0 Å². The summed E-state index contributed by atoms with van der Waals surface area (Å²) in [7, 11) is 0. The molecule has 0 amide bonds. The number of anilines is 9. The zero-order valence-corrected chi connectivity index (χ0v) is 56.4. The molecule has 0 bridgehead atoms. The molecule has 0 aliphatic rings. The van der Waals surface area contributed by atoms with E-state index in [9.17, 15) is 0 Å². The molecule has 14 aromatic rings. The summed E-state index contributed by atoms with van der Waals surface area (Å²) in [6, 6.07) is 110. The van der Waals surface area contributed by atoms with Crippen molar-refractivity contribution in [3.05, 3.63) is 365 Å². The molecular formula is C85H74BrCl2N5. The number of halogens is 3. The normalized spacial score (nSPS) is 11.3. The highest BCUT2D eigenvalue weighted by molar-refractivity contribution is 9.10. The van der Waals surface area contributed by atoms with Gasteiger partial charge >= 0.3 is 0 Å². The first kappa shape index (κ1) is 63.3. The topological polar surface area (TPSA) is 19.6 Å². The van der Waals surface area contributed by atoms with Crippen LogP contribution in [0.4, 0.5) is 51.2 Å². The first-order chi connectivity index (χ1) is 45.1. The molecule has 0 spiro atoms. The van der Waals surface area contributed by atoms with Crippen LogP contribution in [0.15, 0.2) is 332 Å². The van der Waals surface area contributed by atoms with Crippen molar-refractivity contribution in [2.24, 2.45) is 0 Å². The minimum atomic E-state index is -0.00697. The molecule has 0 aliphatic carbocycles. The molecule has 0 saturated carbocycles. The second kappa shape index (κ2) is 28.4. The van der Waals surface area contributed by atoms with Crippen LogP contribution in [-0.2, 0) is 17.3 Å². The molecule has 8 heteroatoms. The van der Waals surface area contributed by atoms with Crippen molar-refractivity contribution in [1.82, 2.24) is 9.13 Å². The summed E-state index contributed by atoms with van der Waals surface area (Å²) >= 11 is 17.2. The predicted octanol–water partition coefficient (Wildman–Crippen LogP) is 25.6. The van der Waals surface area contributed by atoms with Gasteiger partial charge in [0, 0.05) is 88.9 Å². The van der Waals surface area contributed by atoms with Gasteiger partial charge in [0.1, 0.15) is 0 Å². The summed E-state index contributed by atoms with van der Waals surface area (Å²) in [5.41, 5.74) is 19.3. The molecular weight excluding hydrogens is 1240 g/mol. The summed E-state index contributed by atoms with van der Waals surface area (Å²) in [5, 5.41) is 3.71. The van der Waals surface area contributed by atoms with Crippen LogP contribution < -0.4 is 14.7 Å². The molecule has 0 radical (unpaired) electrons. The van der Waals surface area contributed by atoms with Gasteiger partial charge in [-0.05, 0) is 173 Å². The van der Waals surface area contributed by atoms with Gasteiger partial charge in [-0.3, -0.25) is 0 Å². The number of hydrogen-bond acceptors (Lipinski definition) is 3. The molecule has 2 heterocycles. The van der Waals surface area contributed by atoms with Crippen LogP contribution in [0.5, 0.6) is 0 Å². The Morgan fingerprint density at radius 2 is 0.613 bits per heavy atom. The predicted molar refractivity (Wildman–Crippen MR) is 401 cm³/mol. The van der Waals surface area contributed by atoms with Crippen LogP contribution in [0.25, 0.3) is 33.2 Å². The third-order valence-corrected chi connectivity index (χ3v) is 17.4. The van der Waals surface area contributed by atoms with Crippen molar-refractivity contribution in [3.8, 4) is 11.4 Å². The first-order valence-electron chi connectivity index (χ1n) is 31.5. The highest BCUT2D eigenvalue weighted by Crippen LogP contribution is 2.47. The van der Waals surface area contributed by atoms with Crippen molar-refractivity contribution >= 4 is 112 Å². The lowest BCUT2D eigenvalue weighted by Crippen LogP contribution is -2.13. The molecule has 0 saturated heterocycles. The third-order valence-electron chi connectivity index (χ3n) is 16.5. The molecule has 5 nitrogen and oxygen atoms in total. The van der Waals surface area contributed by atoms with E-state index in [0.717, 1.165) is 84.5 Å². The SMILES string of the molecule is CC(C)(C)c1ccc2c(c1)c(N(c1ccccc1)c1cc(Cl)cc(Br)c1)cn2-c1ccccc1.CC(C)(C)c1ccc2c(c1)c(N(c1ccccc1)c1cc(Cl)cc(N(c3ccccc3)c3ccccc3)c1)cn2-c1ccccc1.c1ccc(Cc2ccccc2)cc1. The van der Waals surface area contributed by atoms with Crippen molar-refractivity contribution in [2.45, 2.75) is 58.8 Å². The van der Waals surface area contributed by atoms with E-state index in [-0.39, 0.29) is 10.8 Å². The van der Waals surface area contributed by atoms with E-state index >= 15 is 0 Å². The molecule has 460 valence electrons. The molecule has 14 rings (SSSR count). The average Bonchev–Trinajstić information content (AvgIpc) is 1.64. The lowest BCUT2D eigenvalue weighted by molar-refractivity contribution is 0.591. The lowest BCUT2D eigenvalue weighted by Gasteiger charge is -2.29. The minimum Gasteiger partial charge on any atom is -0.314 e. The Hall–Kier alpha value is -9.82. The highest BCUT2D eigenvalue weighted by Gasteiger charge is 2.26. The monoisotopic (exact) mass is 1310 g/mol. The molecule has 0 aliphatic heterocycles. The van der Waals surface area contributed by atoms with E-state index in [2.05, 4.69) is 367 Å². The fourth-order valence-electron chi connectivity index (χ4n) is 11.8. The van der Waals surface area contributed by atoms with E-state index in [4.69, 9.17) is 23.2 Å². The van der Waals surface area contributed by atoms with Gasteiger partial charge in [0.2, 0.25) is 0 Å². The summed E-state index contributed by atoms with van der Waals surface area (Å²) in [4.78, 5) is 6.87. The van der Waals surface area contributed by atoms with Gasteiger partial charge in [-0.15, -0.1) is 0 Å². The number of benzene rings is 12. The van der Waals surface area contributed by atoms with Crippen LogP contribution in [0.1, 0.15) is 63.8 Å². The maximum absolute atomic E-state index is 7.03. The lowest BCUT2D eigenvalue weighted by atomic mass is 9.86. The van der Waals surface area contributed by atoms with Crippen molar-refractivity contribution in [1.29, 1.82) is 0 Å². The zero-order chi connectivity index (χ0) is 64.5. The van der Waals surface area contributed by atoms with Crippen molar-refractivity contribution < 1.29 is 0 Å². The van der Waals surface area contributed by atoms with Crippen LogP contribution in [-0.4, -0.2) is 9.13 Å². The Morgan fingerprint density at radius 3 is 0.957 bits per heavy atom. The summed E-state index contributed by atoms with van der Waals surface area (Å²) in [6.45, 7) is 13.6. The molecule has 0 N–H and O–H groups in total. The van der Waals surface area contributed by atoms with E-state index in [1.54, 1.807) is 0 Å². The van der Waals surface area contributed by atoms with Gasteiger partial charge < -0.3 is 23.8 Å². The second-order valence-electron chi connectivity index (χ2n) is 25.2. The van der Waals surface area contributed by atoms with Crippen molar-refractivity contribution in [3.63, 3.8) is 0 Å². The van der Waals surface area contributed by atoms with Crippen LogP contribution in [0.2, 0.25) is 10.0 Å². The van der Waals surface area contributed by atoms with Crippen LogP contribution in [0, 0.1) is 0 Å². The third kappa shape index (κ3) is 14.9. The highest BCUT2D eigenvalue weighted by atomic mass is 79.9. The Kier molecular flexibility index (Phi) is 19.3. The van der Waals surface area contributed by atoms with E-state index in [0.29, 0.717) is 10.0 Å². The number of aromatic nitrogens is 2. The Labute approximate surface area is 566 Å². The van der Waals surface area contributed by atoms with Gasteiger partial charge in [-0.1, -0.05) is 263 Å². The Balaban J connectivity index is 0.000000154. The summed E-state index contributed by atoms with van der Waals surface area (Å²) in [5.74, 6) is 0. The number of fused-ring (bicyclic) bond motifs is 2. The van der Waals surface area contributed by atoms with Gasteiger partial charge in [0.05, 0.1) is 22.4 Å². The minimum absolute atomic E-state index is 0.00697. The largest absolute Gasteiger partial charge is 0.314 e. The van der Waals surface area contributed by atoms with E-state index in [1.165, 1.54) is 33.0 Å². The quantitative estimate of drug-likeness (QED) is 0.115. The van der Waals surface area contributed by atoms with Crippen molar-refractivity contribution in [2.75, 3.05) is 14.7 Å². The standard InChI is InChI=1S/C42H36ClN3.C30H26BrClN2.C13H12/c1-42(2,3)31-24-25-40-39(26-31)41(30-44(40)33-16-8-4-9-17-33)46(36-22-14-7-15-23-36)38-28-32(43)27-37(29-38)45(34-18-10-5-11-19-34)35-20-12-6-13-21-35;1-30(2,3)21-14-15-28-27(16-21)29(20-33(28)24-10-6-4-7-11-24)34(25-12-8-5-9-13-25)26-18-22(31)17-23(32)19-26;1-3-7-12(8-4-1)11-13-9-5-2-6-10-13/h4-30H,1-3H3;4-20H,1-3H3;1-10H,11H2. The molecule has 0 fully saturated rings. The van der Waals surface area contributed by atoms with Crippen LogP contribution in [0.3, 0.4) is 0 Å². The molecule has 93 heavy (non-hydrogen) atoms. The number of para-hydroxylation sites is 6. The fraction of sp³-hybridized carbons (Fsp3) is 0.106. The molecule has 12 aromatic carbocycles. The van der Waals surface area contributed by atoms with Crippen LogP contribution >= 0.6 is 39.1 Å². The zero-order valence-electron chi connectivity index (χ0n) is 53.3. The smallest absolute Gasteiger partial charge is 0.0721 e. The number of nitrogens with zero attached hydrogens (tertiary/aromatic N) is 5. The summed E-state index contributed by atoms with van der Waals surface area (Å²) < 4.78 is 5.50. The Morgan fingerprint density at radius 1 is 0.312 bits per heavy atom. The van der Waals surface area contributed by atoms with Gasteiger partial charge in [0.25, 0.3) is 0 Å². The number of rotatable bonds is 13. The first-order valence-corrected chi connectivity index (χ1v) is 33.0. The van der Waals surface area contributed by atoms with Gasteiger partial charge in [-0.2, -0.15) is 0 Å². The fourth-order valence-corrected chi connectivity index (χ4v) is 12.9. The van der Waals surface area contributed by atoms with E-state index in [1.807, 2.05) is 42.5 Å². The summed E-state index contributed by atoms with van der Waals surface area (Å²) in [6.07, 6.45) is 5.52. The van der Waals surface area contributed by atoms with E-state index < -0.39 is 0 Å². The maximum atomic E-state index is 7.03. The Bertz CT molecular complexity index is 4640. The molecule has 0 unspecified atom stereocenters. The second-order valence-corrected chi connectivity index (χ2v) is 27.0. The average molecular weight is 1320 g/mol.